The minimum absolute atomic E-state index is 0.232. The smallest absolute Gasteiger partial charge is 0.326 e. The van der Waals surface area contributed by atoms with Gasteiger partial charge in [-0.05, 0) is 38.0 Å². The summed E-state index contributed by atoms with van der Waals surface area (Å²) in [7, 11) is 0. The third-order valence-electron chi connectivity index (χ3n) is 3.99. The molecular formula is C16H16ClN3O3. The molecule has 23 heavy (non-hydrogen) atoms. The van der Waals surface area contributed by atoms with Crippen LogP contribution in [0.1, 0.15) is 29.0 Å². The summed E-state index contributed by atoms with van der Waals surface area (Å²) in [4.78, 5) is 25.2. The number of aliphatic carboxylic acids is 1. The van der Waals surface area contributed by atoms with Gasteiger partial charge >= 0.3 is 5.97 Å². The van der Waals surface area contributed by atoms with E-state index in [-0.39, 0.29) is 11.6 Å². The first-order valence-corrected chi connectivity index (χ1v) is 7.72. The highest BCUT2D eigenvalue weighted by Gasteiger charge is 2.35. The van der Waals surface area contributed by atoms with E-state index in [0.717, 1.165) is 5.69 Å². The summed E-state index contributed by atoms with van der Waals surface area (Å²) in [6.45, 7) is 2.26. The van der Waals surface area contributed by atoms with Gasteiger partial charge in [-0.2, -0.15) is 5.10 Å². The molecule has 1 aromatic carbocycles. The first-order chi connectivity index (χ1) is 11.0. The van der Waals surface area contributed by atoms with Gasteiger partial charge in [-0.25, -0.2) is 9.48 Å². The molecule has 1 aliphatic rings. The van der Waals surface area contributed by atoms with Crippen molar-refractivity contribution in [2.24, 2.45) is 0 Å². The van der Waals surface area contributed by atoms with Gasteiger partial charge in [0.1, 0.15) is 6.04 Å². The minimum atomic E-state index is -0.974. The van der Waals surface area contributed by atoms with Crippen molar-refractivity contribution in [2.75, 3.05) is 6.54 Å². The second-order valence-electron chi connectivity index (χ2n) is 5.53. The second kappa shape index (κ2) is 6.04. The van der Waals surface area contributed by atoms with Crippen molar-refractivity contribution in [3.8, 4) is 5.69 Å². The number of nitrogens with zero attached hydrogens (tertiary/aromatic N) is 3. The number of hydrogen-bond acceptors (Lipinski definition) is 3. The number of rotatable bonds is 3. The van der Waals surface area contributed by atoms with Crippen LogP contribution in [0.15, 0.2) is 30.3 Å². The fourth-order valence-corrected chi connectivity index (χ4v) is 3.08. The van der Waals surface area contributed by atoms with Crippen molar-refractivity contribution < 1.29 is 14.7 Å². The summed E-state index contributed by atoms with van der Waals surface area (Å²) in [6.07, 6.45) is 1.16. The number of amides is 1. The largest absolute Gasteiger partial charge is 0.480 e. The number of carboxylic acid groups (broad SMARTS) is 1. The first-order valence-electron chi connectivity index (χ1n) is 7.34. The number of carbonyl (C=O) groups excluding carboxylic acids is 1. The van der Waals surface area contributed by atoms with E-state index in [1.54, 1.807) is 16.8 Å². The van der Waals surface area contributed by atoms with E-state index in [1.165, 1.54) is 4.90 Å². The van der Waals surface area contributed by atoms with Gasteiger partial charge in [0.05, 0.1) is 10.7 Å². The maximum atomic E-state index is 12.6. The molecule has 1 fully saturated rings. The van der Waals surface area contributed by atoms with Crippen LogP contribution >= 0.6 is 11.6 Å². The lowest BCUT2D eigenvalue weighted by molar-refractivity contribution is -0.141. The molecule has 1 saturated heterocycles. The molecule has 1 aliphatic heterocycles. The van der Waals surface area contributed by atoms with Gasteiger partial charge in [-0.15, -0.1) is 0 Å². The molecular weight excluding hydrogens is 318 g/mol. The molecule has 120 valence electrons. The Hall–Kier alpha value is -2.34. The molecule has 0 radical (unpaired) electrons. The fraction of sp³-hybridized carbons (Fsp3) is 0.312. The molecule has 1 amide bonds. The quantitative estimate of drug-likeness (QED) is 0.936. The van der Waals surface area contributed by atoms with Gasteiger partial charge in [0, 0.05) is 12.2 Å². The van der Waals surface area contributed by atoms with E-state index in [4.69, 9.17) is 11.6 Å². The molecule has 7 heteroatoms. The van der Waals surface area contributed by atoms with Crippen LogP contribution in [0.2, 0.25) is 5.02 Å². The van der Waals surface area contributed by atoms with Gasteiger partial charge < -0.3 is 10.0 Å². The van der Waals surface area contributed by atoms with Crippen molar-refractivity contribution in [3.63, 3.8) is 0 Å². The zero-order chi connectivity index (χ0) is 16.6. The Bertz CT molecular complexity index is 772. The van der Waals surface area contributed by atoms with Gasteiger partial charge in [0.15, 0.2) is 5.69 Å². The summed E-state index contributed by atoms with van der Waals surface area (Å²) >= 11 is 6.18. The van der Waals surface area contributed by atoms with Crippen molar-refractivity contribution in [3.05, 3.63) is 46.7 Å². The van der Waals surface area contributed by atoms with E-state index in [0.29, 0.717) is 30.1 Å². The zero-order valence-electron chi connectivity index (χ0n) is 12.6. The lowest BCUT2D eigenvalue weighted by Gasteiger charge is -2.20. The lowest BCUT2D eigenvalue weighted by Crippen LogP contribution is -2.40. The Kier molecular flexibility index (Phi) is 4.09. The molecule has 0 spiro atoms. The van der Waals surface area contributed by atoms with Gasteiger partial charge in [0.2, 0.25) is 0 Å². The number of para-hydroxylation sites is 1. The maximum absolute atomic E-state index is 12.6. The van der Waals surface area contributed by atoms with Crippen molar-refractivity contribution in [2.45, 2.75) is 25.8 Å². The Balaban J connectivity index is 1.93. The molecule has 0 bridgehead atoms. The van der Waals surface area contributed by atoms with Crippen molar-refractivity contribution in [1.82, 2.24) is 14.7 Å². The Labute approximate surface area is 138 Å². The number of hydrogen-bond donors (Lipinski definition) is 1. The standard InChI is InChI=1S/C16H16ClN3O3/c1-10-9-12(15(21)19-8-4-7-14(19)16(22)23)18-20(10)13-6-3-2-5-11(13)17/h2-3,5-6,9,14H,4,7-8H2,1H3,(H,22,23). The number of halogens is 1. The van der Waals surface area contributed by atoms with Crippen LogP contribution in [0.3, 0.4) is 0 Å². The number of aromatic nitrogens is 2. The number of aryl methyl sites for hydroxylation is 1. The molecule has 1 N–H and O–H groups in total. The van der Waals surface area contributed by atoms with E-state index in [9.17, 15) is 14.7 Å². The van der Waals surface area contributed by atoms with Crippen molar-refractivity contribution in [1.29, 1.82) is 0 Å². The molecule has 3 rings (SSSR count). The highest BCUT2D eigenvalue weighted by Crippen LogP contribution is 2.23. The molecule has 2 aromatic rings. The molecule has 2 heterocycles. The second-order valence-corrected chi connectivity index (χ2v) is 5.94. The average Bonchev–Trinajstić information content (AvgIpc) is 3.14. The number of carboxylic acids is 1. The highest BCUT2D eigenvalue weighted by atomic mass is 35.5. The summed E-state index contributed by atoms with van der Waals surface area (Å²) in [5.74, 6) is -1.33. The monoisotopic (exact) mass is 333 g/mol. The molecule has 6 nitrogen and oxygen atoms in total. The number of benzene rings is 1. The summed E-state index contributed by atoms with van der Waals surface area (Å²) in [6, 6.07) is 8.10. The van der Waals surface area contributed by atoms with Crippen LogP contribution < -0.4 is 0 Å². The minimum Gasteiger partial charge on any atom is -0.480 e. The molecule has 1 unspecified atom stereocenters. The van der Waals surface area contributed by atoms with E-state index in [1.807, 2.05) is 25.1 Å². The van der Waals surface area contributed by atoms with Crippen LogP contribution in [0.25, 0.3) is 5.69 Å². The summed E-state index contributed by atoms with van der Waals surface area (Å²) < 4.78 is 1.60. The van der Waals surface area contributed by atoms with Gasteiger partial charge in [-0.3, -0.25) is 4.79 Å². The lowest BCUT2D eigenvalue weighted by atomic mass is 10.2. The topological polar surface area (TPSA) is 75.4 Å². The molecule has 1 aromatic heterocycles. The van der Waals surface area contributed by atoms with Crippen LogP contribution in [-0.2, 0) is 4.79 Å². The average molecular weight is 334 g/mol. The summed E-state index contributed by atoms with van der Waals surface area (Å²) in [5.41, 5.74) is 1.67. The normalized spacial score (nSPS) is 17.5. The maximum Gasteiger partial charge on any atom is 0.326 e. The fourth-order valence-electron chi connectivity index (χ4n) is 2.86. The van der Waals surface area contributed by atoms with Gasteiger partial charge in [-0.1, -0.05) is 23.7 Å². The van der Waals surface area contributed by atoms with Crippen molar-refractivity contribution >= 4 is 23.5 Å². The SMILES string of the molecule is Cc1cc(C(=O)N2CCCC2C(=O)O)nn1-c1ccccc1Cl. The summed E-state index contributed by atoms with van der Waals surface area (Å²) in [5, 5.41) is 14.1. The third-order valence-corrected chi connectivity index (χ3v) is 4.31. The predicted octanol–water partition coefficient (Wildman–Crippen LogP) is 2.52. The van der Waals surface area contributed by atoms with Crippen LogP contribution in [0.4, 0.5) is 0 Å². The number of likely N-dealkylation sites (tertiary alicyclic amines) is 1. The Morgan fingerprint density at radius 3 is 2.78 bits per heavy atom. The van der Waals surface area contributed by atoms with Crippen LogP contribution in [0, 0.1) is 6.92 Å². The van der Waals surface area contributed by atoms with Gasteiger partial charge in [0.25, 0.3) is 5.91 Å². The van der Waals surface area contributed by atoms with E-state index >= 15 is 0 Å². The number of carbonyl (C=O) groups is 2. The Morgan fingerprint density at radius 2 is 2.09 bits per heavy atom. The van der Waals surface area contributed by atoms with Crippen LogP contribution in [0.5, 0.6) is 0 Å². The molecule has 1 atom stereocenters. The first kappa shape index (κ1) is 15.6. The zero-order valence-corrected chi connectivity index (χ0v) is 13.3. The van der Waals surface area contributed by atoms with E-state index < -0.39 is 12.0 Å². The molecule has 0 saturated carbocycles. The highest BCUT2D eigenvalue weighted by molar-refractivity contribution is 6.32. The predicted molar refractivity (Wildman–Crippen MR) is 85.0 cm³/mol. The van der Waals surface area contributed by atoms with E-state index in [2.05, 4.69) is 5.10 Å². The molecule has 0 aliphatic carbocycles. The van der Waals surface area contributed by atoms with Crippen LogP contribution in [-0.4, -0.2) is 44.3 Å². The Morgan fingerprint density at radius 1 is 1.35 bits per heavy atom. The third kappa shape index (κ3) is 2.82.